The quantitative estimate of drug-likeness (QED) is 0.851. The van der Waals surface area contributed by atoms with E-state index in [-0.39, 0.29) is 5.75 Å². The topological polar surface area (TPSA) is 80.5 Å². The minimum atomic E-state index is -3.33. The van der Waals surface area contributed by atoms with Gasteiger partial charge in [-0.3, -0.25) is 4.21 Å². The molecule has 0 amide bonds. The highest BCUT2D eigenvalue weighted by Crippen LogP contribution is 2.14. The van der Waals surface area contributed by atoms with Crippen molar-refractivity contribution in [3.63, 3.8) is 0 Å². The largest absolute Gasteiger partial charge is 0.326 e. The lowest BCUT2D eigenvalue weighted by Crippen LogP contribution is -2.42. The lowest BCUT2D eigenvalue weighted by atomic mass is 10.1. The summed E-state index contributed by atoms with van der Waals surface area (Å²) in [5.41, 5.74) is 7.22. The molecule has 19 heavy (non-hydrogen) atoms. The van der Waals surface area contributed by atoms with Crippen molar-refractivity contribution in [3.8, 4) is 0 Å². The Balaban J connectivity index is 2.10. The van der Waals surface area contributed by atoms with Gasteiger partial charge in [-0.25, -0.2) is 8.42 Å². The molecule has 1 aromatic carbocycles. The Hall–Kier alpha value is -0.760. The maximum absolute atomic E-state index is 12.3. The first-order valence-corrected chi connectivity index (χ1v) is 9.21. The third-order valence-corrected chi connectivity index (χ3v) is 6.23. The fraction of sp³-hybridized carbons (Fsp3) is 0.500. The number of hydrogen-bond donors (Lipinski definition) is 1. The Morgan fingerprint density at radius 2 is 1.84 bits per heavy atom. The van der Waals surface area contributed by atoms with Gasteiger partial charge in [0.25, 0.3) is 0 Å². The average molecular weight is 302 g/mol. The van der Waals surface area contributed by atoms with Crippen molar-refractivity contribution in [1.82, 2.24) is 4.31 Å². The van der Waals surface area contributed by atoms with Crippen LogP contribution in [0.4, 0.5) is 0 Å². The van der Waals surface area contributed by atoms with E-state index in [2.05, 4.69) is 0 Å². The maximum atomic E-state index is 12.3. The van der Waals surface area contributed by atoms with Crippen molar-refractivity contribution in [3.05, 3.63) is 35.4 Å². The normalized spacial score (nSPS) is 18.6. The van der Waals surface area contributed by atoms with Crippen LogP contribution in [0, 0.1) is 0 Å². The van der Waals surface area contributed by atoms with Crippen molar-refractivity contribution in [1.29, 1.82) is 0 Å². The summed E-state index contributed by atoms with van der Waals surface area (Å²) >= 11 is 0. The van der Waals surface area contributed by atoms with Crippen molar-refractivity contribution < 1.29 is 12.6 Å². The molecule has 0 aliphatic carbocycles. The first-order valence-electron chi connectivity index (χ1n) is 6.12. The fourth-order valence-electron chi connectivity index (χ4n) is 2.05. The van der Waals surface area contributed by atoms with Gasteiger partial charge >= 0.3 is 0 Å². The Bertz CT molecular complexity index is 562. The molecule has 1 heterocycles. The second-order valence-electron chi connectivity index (χ2n) is 4.53. The zero-order chi connectivity index (χ0) is 13.9. The standard InChI is InChI=1S/C12H18N2O3S2/c13-9-11-2-1-3-12(8-11)10-19(16,17)14-4-6-18(15)7-5-14/h1-3,8H,4-7,9-10,13H2. The molecule has 0 aromatic heterocycles. The molecule has 2 rings (SSSR count). The van der Waals surface area contributed by atoms with E-state index in [1.165, 1.54) is 4.31 Å². The monoisotopic (exact) mass is 302 g/mol. The lowest BCUT2D eigenvalue weighted by molar-refractivity contribution is 0.438. The number of nitrogens with two attached hydrogens (primary N) is 1. The van der Waals surface area contributed by atoms with Crippen LogP contribution >= 0.6 is 0 Å². The van der Waals surface area contributed by atoms with Crippen molar-refractivity contribution in [2.75, 3.05) is 24.6 Å². The molecule has 1 saturated heterocycles. The van der Waals surface area contributed by atoms with Gasteiger partial charge in [-0.2, -0.15) is 4.31 Å². The highest BCUT2D eigenvalue weighted by molar-refractivity contribution is 7.88. The minimum Gasteiger partial charge on any atom is -0.326 e. The molecular weight excluding hydrogens is 284 g/mol. The van der Waals surface area contributed by atoms with Gasteiger partial charge in [-0.05, 0) is 11.1 Å². The van der Waals surface area contributed by atoms with Crippen molar-refractivity contribution in [2.45, 2.75) is 12.3 Å². The summed E-state index contributed by atoms with van der Waals surface area (Å²) in [6.45, 7) is 1.10. The molecule has 0 unspecified atom stereocenters. The van der Waals surface area contributed by atoms with E-state index in [0.717, 1.165) is 11.1 Å². The van der Waals surface area contributed by atoms with Crippen molar-refractivity contribution >= 4 is 20.8 Å². The number of hydrogen-bond acceptors (Lipinski definition) is 4. The molecule has 1 aromatic rings. The predicted octanol–water partition coefficient (Wildman–Crippen LogP) is 0.0394. The summed E-state index contributed by atoms with van der Waals surface area (Å²) < 4.78 is 37.2. The third-order valence-electron chi connectivity index (χ3n) is 3.11. The minimum absolute atomic E-state index is 0.0204. The van der Waals surface area contributed by atoms with Gasteiger partial charge in [-0.1, -0.05) is 24.3 Å². The van der Waals surface area contributed by atoms with Gasteiger partial charge in [0, 0.05) is 41.9 Å². The van der Waals surface area contributed by atoms with Crippen LogP contribution in [-0.2, 0) is 33.1 Å². The molecule has 1 aliphatic heterocycles. The second kappa shape index (κ2) is 6.13. The summed E-state index contributed by atoms with van der Waals surface area (Å²) in [7, 11) is -4.20. The van der Waals surface area contributed by atoms with E-state index in [9.17, 15) is 12.6 Å². The summed E-state index contributed by atoms with van der Waals surface area (Å²) in [5.74, 6) is 0.845. The first kappa shape index (κ1) is 14.6. The zero-order valence-corrected chi connectivity index (χ0v) is 12.3. The Morgan fingerprint density at radius 1 is 1.21 bits per heavy atom. The highest BCUT2D eigenvalue weighted by Gasteiger charge is 2.26. The van der Waals surface area contributed by atoms with Crippen LogP contribution in [0.25, 0.3) is 0 Å². The van der Waals surface area contributed by atoms with Gasteiger partial charge < -0.3 is 5.73 Å². The Labute approximate surface area is 116 Å². The van der Waals surface area contributed by atoms with E-state index in [0.29, 0.717) is 31.1 Å². The van der Waals surface area contributed by atoms with Crippen LogP contribution in [-0.4, -0.2) is 41.5 Å². The molecule has 0 atom stereocenters. The highest BCUT2D eigenvalue weighted by atomic mass is 32.2. The number of benzene rings is 1. The number of nitrogens with zero attached hydrogens (tertiary/aromatic N) is 1. The van der Waals surface area contributed by atoms with Gasteiger partial charge in [0.15, 0.2) is 0 Å². The van der Waals surface area contributed by atoms with Crippen LogP contribution in [0.15, 0.2) is 24.3 Å². The molecule has 0 spiro atoms. The van der Waals surface area contributed by atoms with Crippen LogP contribution in [0.5, 0.6) is 0 Å². The van der Waals surface area contributed by atoms with E-state index >= 15 is 0 Å². The predicted molar refractivity (Wildman–Crippen MR) is 76.4 cm³/mol. The van der Waals surface area contributed by atoms with Crippen LogP contribution in [0.3, 0.4) is 0 Å². The molecule has 0 radical (unpaired) electrons. The number of sulfonamides is 1. The van der Waals surface area contributed by atoms with E-state index in [1.807, 2.05) is 18.2 Å². The average Bonchev–Trinajstić information content (AvgIpc) is 2.39. The molecule has 7 heteroatoms. The Kier molecular flexibility index (Phi) is 4.72. The van der Waals surface area contributed by atoms with Gasteiger partial charge in [0.05, 0.1) is 5.75 Å². The van der Waals surface area contributed by atoms with Crippen LogP contribution in [0.2, 0.25) is 0 Å². The first-order chi connectivity index (χ1) is 9.01. The molecule has 0 saturated carbocycles. The second-order valence-corrected chi connectivity index (χ2v) is 8.19. The van der Waals surface area contributed by atoms with Crippen LogP contribution < -0.4 is 5.73 Å². The summed E-state index contributed by atoms with van der Waals surface area (Å²) in [6.07, 6.45) is 0. The molecule has 5 nitrogen and oxygen atoms in total. The molecule has 1 fully saturated rings. The summed E-state index contributed by atoms with van der Waals surface area (Å²) in [5, 5.41) is 0. The molecule has 2 N–H and O–H groups in total. The van der Waals surface area contributed by atoms with Crippen LogP contribution in [0.1, 0.15) is 11.1 Å². The molecule has 1 aliphatic rings. The zero-order valence-electron chi connectivity index (χ0n) is 10.6. The summed E-state index contributed by atoms with van der Waals surface area (Å²) in [6, 6.07) is 7.30. The van der Waals surface area contributed by atoms with E-state index < -0.39 is 20.8 Å². The smallest absolute Gasteiger partial charge is 0.218 e. The number of rotatable bonds is 4. The van der Waals surface area contributed by atoms with Gasteiger partial charge in [0.2, 0.25) is 10.0 Å². The molecular formula is C12H18N2O3S2. The molecule has 106 valence electrons. The Morgan fingerprint density at radius 3 is 2.47 bits per heavy atom. The fourth-order valence-corrected chi connectivity index (χ4v) is 4.85. The maximum Gasteiger partial charge on any atom is 0.218 e. The lowest BCUT2D eigenvalue weighted by Gasteiger charge is -2.25. The molecule has 0 bridgehead atoms. The third kappa shape index (κ3) is 3.85. The summed E-state index contributed by atoms with van der Waals surface area (Å²) in [4.78, 5) is 0. The van der Waals surface area contributed by atoms with Gasteiger partial charge in [-0.15, -0.1) is 0 Å². The van der Waals surface area contributed by atoms with Crippen molar-refractivity contribution in [2.24, 2.45) is 5.73 Å². The van der Waals surface area contributed by atoms with E-state index in [1.54, 1.807) is 6.07 Å². The SMILES string of the molecule is NCc1cccc(CS(=O)(=O)N2CCS(=O)CC2)c1. The van der Waals surface area contributed by atoms with Gasteiger partial charge in [0.1, 0.15) is 0 Å². The van der Waals surface area contributed by atoms with E-state index in [4.69, 9.17) is 5.73 Å².